The zero-order valence-electron chi connectivity index (χ0n) is 15.4. The molecule has 0 spiro atoms. The van der Waals surface area contributed by atoms with E-state index in [-0.39, 0.29) is 11.5 Å². The molecule has 2 aromatic carbocycles. The number of ketones is 1. The molecule has 0 aliphatic carbocycles. The number of carbonyl (C=O) groups excluding carboxylic acids is 1. The summed E-state index contributed by atoms with van der Waals surface area (Å²) in [6.45, 7) is 3.36. The van der Waals surface area contributed by atoms with E-state index in [1.807, 2.05) is 35.7 Å². The maximum atomic E-state index is 12.5. The Kier molecular flexibility index (Phi) is 5.92. The number of benzene rings is 2. The lowest BCUT2D eigenvalue weighted by Crippen LogP contribution is -2.16. The average molecular weight is 399 g/mol. The summed E-state index contributed by atoms with van der Waals surface area (Å²) in [5.41, 5.74) is 3.42. The number of rotatable bonds is 7. The molecule has 0 bridgehead atoms. The molecule has 3 aromatic rings. The minimum absolute atomic E-state index is 0.00329. The Morgan fingerprint density at radius 2 is 1.56 bits per heavy atom. The van der Waals surface area contributed by atoms with Gasteiger partial charge in [0, 0.05) is 16.9 Å². The summed E-state index contributed by atoms with van der Waals surface area (Å²) in [7, 11) is -3.14. The van der Waals surface area contributed by atoms with Crippen LogP contribution in [0.2, 0.25) is 0 Å². The second-order valence-corrected chi connectivity index (χ2v) is 10.3. The van der Waals surface area contributed by atoms with E-state index in [1.165, 1.54) is 4.88 Å². The molecule has 0 aliphatic heterocycles. The van der Waals surface area contributed by atoms with Crippen LogP contribution in [0.1, 0.15) is 35.3 Å². The van der Waals surface area contributed by atoms with E-state index in [1.54, 1.807) is 49.4 Å². The number of hydrogen-bond acceptors (Lipinski definition) is 4. The highest BCUT2D eigenvalue weighted by Gasteiger charge is 2.17. The average Bonchev–Trinajstić information content (AvgIpc) is 3.17. The highest BCUT2D eigenvalue weighted by molar-refractivity contribution is 7.91. The number of carbonyl (C=O) groups is 1. The van der Waals surface area contributed by atoms with Gasteiger partial charge in [-0.2, -0.15) is 0 Å². The van der Waals surface area contributed by atoms with Gasteiger partial charge in [-0.1, -0.05) is 54.6 Å². The van der Waals surface area contributed by atoms with Crippen molar-refractivity contribution in [3.63, 3.8) is 0 Å². The van der Waals surface area contributed by atoms with Crippen LogP contribution < -0.4 is 0 Å². The normalized spacial score (nSPS) is 11.7. The molecule has 27 heavy (non-hydrogen) atoms. The van der Waals surface area contributed by atoms with Crippen molar-refractivity contribution in [2.75, 3.05) is 0 Å². The van der Waals surface area contributed by atoms with Gasteiger partial charge in [-0.25, -0.2) is 8.42 Å². The van der Waals surface area contributed by atoms with E-state index in [2.05, 4.69) is 6.07 Å². The van der Waals surface area contributed by atoms with Crippen LogP contribution in [0.25, 0.3) is 10.4 Å². The summed E-state index contributed by atoms with van der Waals surface area (Å²) in [6, 6.07) is 19.0. The van der Waals surface area contributed by atoms with E-state index >= 15 is 0 Å². The summed E-state index contributed by atoms with van der Waals surface area (Å²) >= 11 is 1.69. The Labute approximate surface area is 164 Å². The summed E-state index contributed by atoms with van der Waals surface area (Å²) in [5.74, 6) is 0.0284. The lowest BCUT2D eigenvalue weighted by atomic mass is 10.0. The first-order chi connectivity index (χ1) is 12.8. The van der Waals surface area contributed by atoms with Crippen LogP contribution in [-0.4, -0.2) is 19.5 Å². The van der Waals surface area contributed by atoms with Gasteiger partial charge in [-0.15, -0.1) is 11.3 Å². The van der Waals surface area contributed by atoms with E-state index < -0.39 is 15.1 Å². The first-order valence-corrected chi connectivity index (χ1v) is 11.4. The number of sulfone groups is 1. The molecule has 3 nitrogen and oxygen atoms in total. The predicted octanol–water partition coefficient (Wildman–Crippen LogP) is 5.16. The van der Waals surface area contributed by atoms with Crippen LogP contribution in [0.3, 0.4) is 0 Å². The maximum absolute atomic E-state index is 12.5. The third-order valence-corrected chi connectivity index (χ3v) is 7.58. The molecule has 1 heterocycles. The van der Waals surface area contributed by atoms with Gasteiger partial charge in [0.25, 0.3) is 0 Å². The largest absolute Gasteiger partial charge is 0.294 e. The number of Topliss-reactive ketones (excluding diaryl/α,β-unsaturated/α-hetero) is 1. The van der Waals surface area contributed by atoms with Crippen molar-refractivity contribution in [1.82, 2.24) is 0 Å². The second-order valence-electron chi connectivity index (χ2n) is 6.83. The van der Waals surface area contributed by atoms with Gasteiger partial charge in [-0.05, 0) is 42.0 Å². The lowest BCUT2D eigenvalue weighted by Gasteiger charge is -2.08. The minimum atomic E-state index is -3.14. The third kappa shape index (κ3) is 4.93. The van der Waals surface area contributed by atoms with Crippen LogP contribution in [0.5, 0.6) is 0 Å². The molecule has 5 heteroatoms. The zero-order chi connectivity index (χ0) is 19.4. The monoisotopic (exact) mass is 398 g/mol. The van der Waals surface area contributed by atoms with Crippen molar-refractivity contribution in [3.05, 3.63) is 82.7 Å². The fourth-order valence-corrected chi connectivity index (χ4v) is 4.43. The summed E-state index contributed by atoms with van der Waals surface area (Å²) in [5, 5.41) is 1.64. The summed E-state index contributed by atoms with van der Waals surface area (Å²) in [6.07, 6.45) is 0.328. The second kappa shape index (κ2) is 8.19. The van der Waals surface area contributed by atoms with Gasteiger partial charge < -0.3 is 0 Å². The Hall–Kier alpha value is -2.24. The summed E-state index contributed by atoms with van der Waals surface area (Å²) in [4.78, 5) is 13.7. The van der Waals surface area contributed by atoms with Crippen molar-refractivity contribution < 1.29 is 13.2 Å². The van der Waals surface area contributed by atoms with Gasteiger partial charge in [0.1, 0.15) is 0 Å². The van der Waals surface area contributed by atoms with Gasteiger partial charge in [0.15, 0.2) is 15.6 Å². The van der Waals surface area contributed by atoms with Crippen molar-refractivity contribution in [1.29, 1.82) is 0 Å². The van der Waals surface area contributed by atoms with Crippen LogP contribution in [0.4, 0.5) is 0 Å². The molecular weight excluding hydrogens is 376 g/mol. The molecule has 0 saturated carbocycles. The van der Waals surface area contributed by atoms with Gasteiger partial charge >= 0.3 is 0 Å². The van der Waals surface area contributed by atoms with Crippen LogP contribution in [0.15, 0.2) is 66.0 Å². The van der Waals surface area contributed by atoms with Crippen molar-refractivity contribution in [3.8, 4) is 10.4 Å². The minimum Gasteiger partial charge on any atom is -0.294 e. The molecule has 0 N–H and O–H groups in total. The van der Waals surface area contributed by atoms with E-state index in [0.717, 1.165) is 11.1 Å². The Bertz CT molecular complexity index is 998. The van der Waals surface area contributed by atoms with Crippen molar-refractivity contribution in [2.24, 2.45) is 0 Å². The maximum Gasteiger partial charge on any atom is 0.167 e. The Balaban J connectivity index is 1.66. The fourth-order valence-electron chi connectivity index (χ4n) is 2.70. The van der Waals surface area contributed by atoms with Crippen LogP contribution in [-0.2, 0) is 22.0 Å². The molecule has 0 saturated heterocycles. The number of thiophene rings is 1. The van der Waals surface area contributed by atoms with E-state index in [9.17, 15) is 13.2 Å². The molecule has 0 fully saturated rings. The lowest BCUT2D eigenvalue weighted by molar-refractivity contribution is 0.0993. The molecule has 0 unspecified atom stereocenters. The highest BCUT2D eigenvalue weighted by Crippen LogP contribution is 2.25. The number of hydrogen-bond donors (Lipinski definition) is 0. The Morgan fingerprint density at radius 1 is 0.926 bits per heavy atom. The topological polar surface area (TPSA) is 51.2 Å². The van der Waals surface area contributed by atoms with E-state index in [4.69, 9.17) is 0 Å². The molecule has 0 amide bonds. The molecule has 0 atom stereocenters. The quantitative estimate of drug-likeness (QED) is 0.516. The molecule has 0 radical (unpaired) electrons. The first-order valence-electron chi connectivity index (χ1n) is 8.82. The molecule has 0 aliphatic rings. The van der Waals surface area contributed by atoms with Crippen molar-refractivity contribution in [2.45, 2.75) is 31.3 Å². The zero-order valence-corrected chi connectivity index (χ0v) is 17.0. The third-order valence-electron chi connectivity index (χ3n) is 4.49. The predicted molar refractivity (Wildman–Crippen MR) is 112 cm³/mol. The van der Waals surface area contributed by atoms with Crippen molar-refractivity contribution >= 4 is 27.0 Å². The standard InChI is InChI=1S/C22H22O3S2/c1-16(2)27(24,25)15-18-7-9-19(10-8-18)21(23)14-17-5-11-20(12-6-17)22-4-3-13-26-22/h3-13,16H,14-15H2,1-2H3. The SMILES string of the molecule is CC(C)S(=O)(=O)Cc1ccc(C(=O)Cc2ccc(-c3cccs3)cc2)cc1. The van der Waals surface area contributed by atoms with Gasteiger partial charge in [0.05, 0.1) is 11.0 Å². The molecule has 3 rings (SSSR count). The Morgan fingerprint density at radius 3 is 2.11 bits per heavy atom. The van der Waals surface area contributed by atoms with Crippen LogP contribution >= 0.6 is 11.3 Å². The fraction of sp³-hybridized carbons (Fsp3) is 0.227. The highest BCUT2D eigenvalue weighted by atomic mass is 32.2. The molecule has 1 aromatic heterocycles. The van der Waals surface area contributed by atoms with Gasteiger partial charge in [0.2, 0.25) is 0 Å². The smallest absolute Gasteiger partial charge is 0.167 e. The molecule has 140 valence electrons. The summed E-state index contributed by atoms with van der Waals surface area (Å²) < 4.78 is 24.0. The van der Waals surface area contributed by atoms with E-state index in [0.29, 0.717) is 17.5 Å². The first kappa shape index (κ1) is 19.5. The van der Waals surface area contributed by atoms with Crippen LogP contribution in [0, 0.1) is 0 Å². The molecular formula is C22H22O3S2. The van der Waals surface area contributed by atoms with Gasteiger partial charge in [-0.3, -0.25) is 4.79 Å².